The molecule has 4 aliphatic rings. The molecule has 0 saturated heterocycles. The van der Waals surface area contributed by atoms with E-state index < -0.39 is 18.2 Å². The van der Waals surface area contributed by atoms with Crippen molar-refractivity contribution in [3.8, 4) is 11.5 Å². The molecule has 4 heterocycles. The summed E-state index contributed by atoms with van der Waals surface area (Å²) in [7, 11) is 0. The van der Waals surface area contributed by atoms with E-state index in [2.05, 4.69) is 172 Å². The Balaban J connectivity index is 1.36. The van der Waals surface area contributed by atoms with Crippen LogP contribution in [0.25, 0.3) is 21.5 Å². The first kappa shape index (κ1) is 35.3. The first-order chi connectivity index (χ1) is 29.4. The van der Waals surface area contributed by atoms with Gasteiger partial charge in [0.2, 0.25) is 0 Å². The van der Waals surface area contributed by atoms with E-state index in [-0.39, 0.29) is 20.1 Å². The molecule has 9 aromatic rings. The second-order valence-electron chi connectivity index (χ2n) is 15.3. The van der Waals surface area contributed by atoms with Crippen molar-refractivity contribution in [1.82, 2.24) is 0 Å². The molecule has 5 nitrogen and oxygen atoms in total. The van der Waals surface area contributed by atoms with E-state index in [1.165, 1.54) is 0 Å². The zero-order valence-corrected chi connectivity index (χ0v) is 36.9. The standard InChI is InChI=1S/C44H28N3.C6H2Cl4O2.Sb/c1-4-17-34(18-5-1)45-37-23-14-24-38(29-37)46(35-19-6-2-7-20-35)40-28-33-16-11-13-26-42(33)44(31-40)47(36-21-8-3-9-22-36)43-30-39(45)27-32-15-10-12-25-41(32)43;7-1-2(8)4(10)6(12)5(11)3(1)9;/h1-28H;11-12H;/q;;+2/p-2. The molecular weight excluding hydrogens is 938 g/mol. The number of rotatable bonds is 3. The predicted molar refractivity (Wildman–Crippen MR) is 251 cm³/mol. The summed E-state index contributed by atoms with van der Waals surface area (Å²) < 4.78 is 19.2. The van der Waals surface area contributed by atoms with Crippen LogP contribution in [-0.2, 0) is 0 Å². The Labute approximate surface area is 367 Å². The summed E-state index contributed by atoms with van der Waals surface area (Å²) in [5.74, 6) is 0.589. The molecule has 288 valence electrons. The minimum absolute atomic E-state index is 0.113. The molecular formula is C50H28Cl4N3O2Sb. The van der Waals surface area contributed by atoms with E-state index in [9.17, 15) is 0 Å². The third kappa shape index (κ3) is 4.18. The molecule has 0 amide bonds. The topological polar surface area (TPSA) is 28.2 Å². The fourth-order valence-corrected chi connectivity index (χ4v) is 28.1. The van der Waals surface area contributed by atoms with Gasteiger partial charge in [-0.05, 0) is 0 Å². The molecule has 10 heteroatoms. The molecule has 0 atom stereocenters. The van der Waals surface area contributed by atoms with Crippen LogP contribution < -0.4 is 31.3 Å². The average molecular weight is 966 g/mol. The Morgan fingerprint density at radius 3 is 1.17 bits per heavy atom. The number of hydrogen-bond acceptors (Lipinski definition) is 5. The van der Waals surface area contributed by atoms with Crippen LogP contribution in [0.15, 0.2) is 170 Å². The van der Waals surface area contributed by atoms with Crippen molar-refractivity contribution >= 4 is 148 Å². The van der Waals surface area contributed by atoms with Gasteiger partial charge in [0.1, 0.15) is 0 Å². The van der Waals surface area contributed by atoms with Crippen molar-refractivity contribution in [3.05, 3.63) is 190 Å². The maximum absolute atomic E-state index is 8.14. The Kier molecular flexibility index (Phi) is 7.22. The summed E-state index contributed by atoms with van der Waals surface area (Å²) in [6.45, 7) is 0. The molecule has 0 N–H and O–H groups in total. The third-order valence-corrected chi connectivity index (χ3v) is 27.9. The van der Waals surface area contributed by atoms with Crippen LogP contribution in [0.2, 0.25) is 20.1 Å². The summed E-state index contributed by atoms with van der Waals surface area (Å²) in [5, 5.41) is 4.75. The second kappa shape index (κ2) is 12.3. The maximum atomic E-state index is 8.14. The number of halogens is 4. The van der Waals surface area contributed by atoms with Crippen LogP contribution >= 0.6 is 46.4 Å². The van der Waals surface area contributed by atoms with Gasteiger partial charge in [0.05, 0.1) is 0 Å². The van der Waals surface area contributed by atoms with Crippen LogP contribution in [0.5, 0.6) is 11.5 Å². The Bertz CT molecular complexity index is 3170. The average Bonchev–Trinajstić information content (AvgIpc) is 3.65. The molecule has 0 saturated carbocycles. The Morgan fingerprint density at radius 2 is 0.733 bits per heavy atom. The first-order valence-electron chi connectivity index (χ1n) is 19.5. The molecule has 1 spiro atoms. The molecule has 60 heavy (non-hydrogen) atoms. The zero-order chi connectivity index (χ0) is 40.1. The molecule has 13 rings (SSSR count). The summed E-state index contributed by atoms with van der Waals surface area (Å²) >= 11 is 22.3. The van der Waals surface area contributed by atoms with Crippen molar-refractivity contribution in [3.63, 3.8) is 0 Å². The summed E-state index contributed by atoms with van der Waals surface area (Å²) in [6, 6.07) is 59.9. The fraction of sp³-hybridized carbons (Fsp3) is 0. The van der Waals surface area contributed by atoms with Crippen molar-refractivity contribution in [1.29, 1.82) is 0 Å². The molecule has 0 radical (unpaired) electrons. The second-order valence-corrected chi connectivity index (χ2v) is 27.2. The minimum atomic E-state index is -6.27. The normalized spacial score (nSPS) is 16.2. The van der Waals surface area contributed by atoms with Gasteiger partial charge in [-0.3, -0.25) is 0 Å². The molecule has 0 fully saturated rings. The van der Waals surface area contributed by atoms with E-state index in [1.54, 1.807) is 0 Å². The summed E-state index contributed by atoms with van der Waals surface area (Å²) in [5.41, 5.74) is 8.66. The van der Waals surface area contributed by atoms with Crippen LogP contribution in [0.1, 0.15) is 0 Å². The number of nitrogens with zero attached hydrogens (tertiary/aromatic N) is 3. The molecule has 0 aromatic heterocycles. The van der Waals surface area contributed by atoms with Gasteiger partial charge in [0.15, 0.2) is 0 Å². The molecule has 0 aliphatic carbocycles. The quantitative estimate of drug-likeness (QED) is 0.0999. The SMILES string of the molecule is Clc1c(Cl)c(Cl)c2c(c1Cl)[O][Sb]13([O]2)[c]2c4cccc2N(c2ccccc2)c2cc5ccccc5c([c]21)N(c1ccccc1)c1[c]3c(cc2ccccc12)N4c1ccccc1. The van der Waals surface area contributed by atoms with Crippen LogP contribution in [0.4, 0.5) is 51.2 Å². The first-order valence-corrected chi connectivity index (χ1v) is 26.9. The van der Waals surface area contributed by atoms with Gasteiger partial charge in [-0.25, -0.2) is 0 Å². The van der Waals surface area contributed by atoms with E-state index in [0.717, 1.165) is 83.3 Å². The van der Waals surface area contributed by atoms with Gasteiger partial charge in [0.25, 0.3) is 0 Å². The number of benzene rings is 9. The van der Waals surface area contributed by atoms with Gasteiger partial charge >= 0.3 is 370 Å². The van der Waals surface area contributed by atoms with E-state index >= 15 is 0 Å². The predicted octanol–water partition coefficient (Wildman–Crippen LogP) is 13.8. The van der Waals surface area contributed by atoms with Crippen LogP contribution in [0.3, 0.4) is 0 Å². The van der Waals surface area contributed by atoms with E-state index in [0.29, 0.717) is 11.5 Å². The Morgan fingerprint density at radius 1 is 0.350 bits per heavy atom. The van der Waals surface area contributed by atoms with Gasteiger partial charge in [-0.1, -0.05) is 0 Å². The zero-order valence-electron chi connectivity index (χ0n) is 31.3. The number of para-hydroxylation sites is 3. The van der Waals surface area contributed by atoms with Gasteiger partial charge in [-0.15, -0.1) is 0 Å². The van der Waals surface area contributed by atoms with Crippen LogP contribution in [0, 0.1) is 0 Å². The third-order valence-electron chi connectivity index (χ3n) is 12.3. The van der Waals surface area contributed by atoms with Gasteiger partial charge in [-0.2, -0.15) is 0 Å². The van der Waals surface area contributed by atoms with Gasteiger partial charge in [0, 0.05) is 0 Å². The molecule has 0 bridgehead atoms. The monoisotopic (exact) mass is 963 g/mol. The van der Waals surface area contributed by atoms with E-state index in [4.69, 9.17) is 52.4 Å². The van der Waals surface area contributed by atoms with Crippen LogP contribution in [-0.4, -0.2) is 18.2 Å². The number of fused-ring (bicyclic) bond motifs is 5. The van der Waals surface area contributed by atoms with Crippen molar-refractivity contribution in [2.45, 2.75) is 0 Å². The molecule has 4 aliphatic heterocycles. The summed E-state index contributed by atoms with van der Waals surface area (Å²) in [4.78, 5) is 7.18. The summed E-state index contributed by atoms with van der Waals surface area (Å²) in [6.07, 6.45) is 0. The molecule has 9 aromatic carbocycles. The van der Waals surface area contributed by atoms with E-state index in [1.807, 2.05) is 12.1 Å². The van der Waals surface area contributed by atoms with Crippen molar-refractivity contribution < 1.29 is 6.03 Å². The number of anilines is 9. The number of hydrogen-bond donors (Lipinski definition) is 0. The van der Waals surface area contributed by atoms with Crippen molar-refractivity contribution in [2.24, 2.45) is 0 Å². The fourth-order valence-electron chi connectivity index (χ4n) is 10.1. The van der Waals surface area contributed by atoms with Crippen molar-refractivity contribution in [2.75, 3.05) is 14.7 Å². The molecule has 0 unspecified atom stereocenters. The van der Waals surface area contributed by atoms with Gasteiger partial charge < -0.3 is 0 Å². The Hall–Kier alpha value is -5.52.